The second kappa shape index (κ2) is 11.7. The summed E-state index contributed by atoms with van der Waals surface area (Å²) in [6, 6.07) is 17.3. The zero-order chi connectivity index (χ0) is 27.2. The smallest absolute Gasteiger partial charge is 0.378 e. The zero-order valence-corrected chi connectivity index (χ0v) is 20.2. The van der Waals surface area contributed by atoms with E-state index in [-0.39, 0.29) is 36.6 Å². The van der Waals surface area contributed by atoms with Crippen molar-refractivity contribution in [2.45, 2.75) is 24.9 Å². The fraction of sp³-hybridized carbons (Fsp3) is 0.296. The van der Waals surface area contributed by atoms with E-state index in [0.717, 1.165) is 11.3 Å². The second-order valence-electron chi connectivity index (χ2n) is 8.69. The molecule has 3 aromatic rings. The molecule has 37 heavy (non-hydrogen) atoms. The quantitative estimate of drug-likeness (QED) is 0.324. The second-order valence-corrected chi connectivity index (χ2v) is 8.69. The van der Waals surface area contributed by atoms with Crippen LogP contribution in [0.1, 0.15) is 38.5 Å². The molecule has 1 unspecified atom stereocenters. The summed E-state index contributed by atoms with van der Waals surface area (Å²) in [6.45, 7) is -0.355. The van der Waals surface area contributed by atoms with Gasteiger partial charge in [0.25, 0.3) is 5.91 Å². The summed E-state index contributed by atoms with van der Waals surface area (Å²) < 4.78 is 84.4. The Labute approximate surface area is 210 Å². The lowest BCUT2D eigenvalue weighted by atomic mass is 9.99. The maximum absolute atomic E-state index is 13.1. The number of halogens is 6. The lowest BCUT2D eigenvalue weighted by Crippen LogP contribution is -2.30. The van der Waals surface area contributed by atoms with Gasteiger partial charge in [-0.2, -0.15) is 26.3 Å². The predicted octanol–water partition coefficient (Wildman–Crippen LogP) is 6.52. The van der Waals surface area contributed by atoms with Crippen LogP contribution in [0.5, 0.6) is 0 Å². The number of nitrogens with one attached hydrogen (secondary N) is 1. The van der Waals surface area contributed by atoms with Crippen molar-refractivity contribution in [2.75, 3.05) is 32.1 Å². The molecule has 3 rings (SSSR count). The topological polar surface area (TPSA) is 41.6 Å². The minimum absolute atomic E-state index is 0.0402. The summed E-state index contributed by atoms with van der Waals surface area (Å²) in [5.74, 6) is -0.710. The first-order valence-corrected chi connectivity index (χ1v) is 11.3. The van der Waals surface area contributed by atoms with Crippen molar-refractivity contribution >= 4 is 11.6 Å². The number of anilines is 1. The van der Waals surface area contributed by atoms with Gasteiger partial charge < -0.3 is 15.0 Å². The van der Waals surface area contributed by atoms with Crippen molar-refractivity contribution in [3.63, 3.8) is 0 Å². The molecular formula is C27H26F6N2O2. The van der Waals surface area contributed by atoms with Gasteiger partial charge in [0, 0.05) is 37.8 Å². The van der Waals surface area contributed by atoms with Crippen molar-refractivity contribution in [2.24, 2.45) is 0 Å². The Morgan fingerprint density at radius 1 is 0.865 bits per heavy atom. The number of hydrogen-bond donors (Lipinski definition) is 1. The Morgan fingerprint density at radius 2 is 1.43 bits per heavy atom. The highest BCUT2D eigenvalue weighted by Crippen LogP contribution is 2.36. The third-order valence-corrected chi connectivity index (χ3v) is 5.66. The first-order valence-electron chi connectivity index (χ1n) is 11.3. The molecule has 1 amide bonds. The van der Waals surface area contributed by atoms with Crippen LogP contribution in [0.15, 0.2) is 72.8 Å². The summed E-state index contributed by atoms with van der Waals surface area (Å²) in [5.41, 5.74) is -0.872. The predicted molar refractivity (Wildman–Crippen MR) is 128 cm³/mol. The lowest BCUT2D eigenvalue weighted by molar-refractivity contribution is -0.143. The molecule has 0 aliphatic heterocycles. The van der Waals surface area contributed by atoms with Gasteiger partial charge in [0.1, 0.15) is 0 Å². The standard InChI is InChI=1S/C27H26F6N2O2/c1-35(2)24-10-8-20(9-11-24)25(36)34-15-21(19-6-4-3-5-7-19)17-37-16-18-12-22(26(28,29)30)14-23(13-18)27(31,32)33/h3-14,21H,15-17H2,1-2H3,(H,34,36). The molecule has 0 aliphatic rings. The van der Waals surface area contributed by atoms with Gasteiger partial charge in [-0.05, 0) is 53.6 Å². The van der Waals surface area contributed by atoms with Crippen molar-refractivity contribution in [1.29, 1.82) is 0 Å². The number of amides is 1. The van der Waals surface area contributed by atoms with Crippen LogP contribution in [0.3, 0.4) is 0 Å². The Balaban J connectivity index is 1.70. The van der Waals surface area contributed by atoms with Crippen LogP contribution in [0.25, 0.3) is 0 Å². The molecule has 10 heteroatoms. The number of benzene rings is 3. The number of carbonyl (C=O) groups excluding carboxylic acids is 1. The van der Waals surface area contributed by atoms with Crippen LogP contribution in [-0.2, 0) is 23.7 Å². The molecule has 1 N–H and O–H groups in total. The largest absolute Gasteiger partial charge is 0.416 e. The molecule has 0 spiro atoms. The normalized spacial score (nSPS) is 12.8. The SMILES string of the molecule is CN(C)c1ccc(C(=O)NCC(COCc2cc(C(F)(F)F)cc(C(F)(F)F)c2)c2ccccc2)cc1. The van der Waals surface area contributed by atoms with E-state index in [0.29, 0.717) is 17.7 Å². The maximum atomic E-state index is 13.1. The lowest BCUT2D eigenvalue weighted by Gasteiger charge is -2.19. The van der Waals surface area contributed by atoms with E-state index in [1.807, 2.05) is 19.0 Å². The molecule has 0 saturated heterocycles. The molecule has 0 fully saturated rings. The fourth-order valence-electron chi connectivity index (χ4n) is 3.65. The molecule has 198 valence electrons. The number of nitrogens with zero attached hydrogens (tertiary/aromatic N) is 1. The highest BCUT2D eigenvalue weighted by molar-refractivity contribution is 5.94. The van der Waals surface area contributed by atoms with Crippen LogP contribution in [0.4, 0.5) is 32.0 Å². The van der Waals surface area contributed by atoms with Gasteiger partial charge in [-0.3, -0.25) is 4.79 Å². The average molecular weight is 525 g/mol. The van der Waals surface area contributed by atoms with Gasteiger partial charge in [-0.1, -0.05) is 30.3 Å². The first-order chi connectivity index (χ1) is 17.3. The van der Waals surface area contributed by atoms with E-state index in [2.05, 4.69) is 5.32 Å². The number of ether oxygens (including phenoxy) is 1. The summed E-state index contributed by atoms with van der Waals surface area (Å²) in [7, 11) is 3.76. The van der Waals surface area contributed by atoms with E-state index in [9.17, 15) is 31.1 Å². The van der Waals surface area contributed by atoms with Gasteiger partial charge in [0.05, 0.1) is 24.3 Å². The molecular weight excluding hydrogens is 498 g/mol. The van der Waals surface area contributed by atoms with Crippen LogP contribution < -0.4 is 10.2 Å². The van der Waals surface area contributed by atoms with E-state index < -0.39 is 30.1 Å². The van der Waals surface area contributed by atoms with Crippen molar-refractivity contribution < 1.29 is 35.9 Å². The van der Waals surface area contributed by atoms with Gasteiger partial charge in [-0.15, -0.1) is 0 Å². The number of alkyl halides is 6. The molecule has 4 nitrogen and oxygen atoms in total. The summed E-state index contributed by atoms with van der Waals surface area (Å²) >= 11 is 0. The van der Waals surface area contributed by atoms with E-state index in [1.165, 1.54) is 0 Å². The molecule has 0 aromatic heterocycles. The third-order valence-electron chi connectivity index (χ3n) is 5.66. The van der Waals surface area contributed by atoms with Crippen molar-refractivity contribution in [1.82, 2.24) is 5.32 Å². The van der Waals surface area contributed by atoms with Crippen molar-refractivity contribution in [3.8, 4) is 0 Å². The minimum Gasteiger partial charge on any atom is -0.378 e. The Morgan fingerprint density at radius 3 is 1.95 bits per heavy atom. The van der Waals surface area contributed by atoms with Gasteiger partial charge in [0.15, 0.2) is 0 Å². The van der Waals surface area contributed by atoms with E-state index in [1.54, 1.807) is 54.6 Å². The minimum atomic E-state index is -4.93. The number of rotatable bonds is 9. The maximum Gasteiger partial charge on any atom is 0.416 e. The number of hydrogen-bond acceptors (Lipinski definition) is 3. The van der Waals surface area contributed by atoms with E-state index in [4.69, 9.17) is 4.74 Å². The fourth-order valence-corrected chi connectivity index (χ4v) is 3.65. The Hall–Kier alpha value is -3.53. The highest BCUT2D eigenvalue weighted by atomic mass is 19.4. The first kappa shape index (κ1) is 28.0. The van der Waals surface area contributed by atoms with E-state index >= 15 is 0 Å². The monoisotopic (exact) mass is 524 g/mol. The van der Waals surface area contributed by atoms with Crippen LogP contribution in [0, 0.1) is 0 Å². The molecule has 0 radical (unpaired) electrons. The zero-order valence-electron chi connectivity index (χ0n) is 20.2. The highest BCUT2D eigenvalue weighted by Gasteiger charge is 2.36. The third kappa shape index (κ3) is 7.98. The van der Waals surface area contributed by atoms with Crippen LogP contribution in [0.2, 0.25) is 0 Å². The van der Waals surface area contributed by atoms with Crippen molar-refractivity contribution in [3.05, 3.63) is 101 Å². The van der Waals surface area contributed by atoms with Gasteiger partial charge >= 0.3 is 12.4 Å². The summed E-state index contributed by atoms with van der Waals surface area (Å²) in [5, 5.41) is 2.82. The molecule has 0 saturated carbocycles. The van der Waals surface area contributed by atoms with Crippen LogP contribution in [-0.4, -0.2) is 33.2 Å². The molecule has 0 bridgehead atoms. The van der Waals surface area contributed by atoms with Crippen LogP contribution >= 0.6 is 0 Å². The molecule has 0 heterocycles. The van der Waals surface area contributed by atoms with Gasteiger partial charge in [0.2, 0.25) is 0 Å². The Bertz CT molecular complexity index is 1140. The summed E-state index contributed by atoms with van der Waals surface area (Å²) in [4.78, 5) is 14.5. The number of carbonyl (C=O) groups is 1. The Kier molecular flexibility index (Phi) is 8.85. The molecule has 1 atom stereocenters. The average Bonchev–Trinajstić information content (AvgIpc) is 2.85. The molecule has 3 aromatic carbocycles. The van der Waals surface area contributed by atoms with Gasteiger partial charge in [-0.25, -0.2) is 0 Å². The molecule has 0 aliphatic carbocycles. The summed E-state index contributed by atoms with van der Waals surface area (Å²) in [6.07, 6.45) is -9.87.